The lowest BCUT2D eigenvalue weighted by Crippen LogP contribution is -2.37. The lowest BCUT2D eigenvalue weighted by Gasteiger charge is -2.20. The van der Waals surface area contributed by atoms with Crippen LogP contribution in [-0.2, 0) is 27.5 Å². The van der Waals surface area contributed by atoms with E-state index < -0.39 is 45.7 Å². The first-order valence-electron chi connectivity index (χ1n) is 7.72. The first-order chi connectivity index (χ1) is 12.9. The molecule has 0 aromatic heterocycles. The minimum atomic E-state index is -4.77. The summed E-state index contributed by atoms with van der Waals surface area (Å²) in [5, 5.41) is 1.89. The van der Waals surface area contributed by atoms with E-state index in [0.29, 0.717) is 11.6 Å². The van der Waals surface area contributed by atoms with Crippen molar-refractivity contribution in [1.29, 1.82) is 0 Å². The third-order valence-corrected chi connectivity index (χ3v) is 5.05. The van der Waals surface area contributed by atoms with Crippen molar-refractivity contribution in [2.24, 2.45) is 0 Å². The minimum absolute atomic E-state index is 0.167. The smallest absolute Gasteiger partial charge is 0.324 e. The van der Waals surface area contributed by atoms with Crippen LogP contribution in [-0.4, -0.2) is 31.4 Å². The number of nitrogens with one attached hydrogen (secondary N) is 1. The number of amides is 1. The Kier molecular flexibility index (Phi) is 6.68. The summed E-state index contributed by atoms with van der Waals surface area (Å²) in [5.74, 6) is -1.49. The molecule has 28 heavy (non-hydrogen) atoms. The maximum absolute atomic E-state index is 13.1. The van der Waals surface area contributed by atoms with Crippen LogP contribution >= 0.6 is 11.6 Å². The van der Waals surface area contributed by atoms with Crippen molar-refractivity contribution in [1.82, 2.24) is 4.31 Å². The molecule has 0 radical (unpaired) electrons. The highest BCUT2D eigenvalue weighted by molar-refractivity contribution is 7.88. The van der Waals surface area contributed by atoms with Crippen LogP contribution in [0, 0.1) is 5.82 Å². The predicted molar refractivity (Wildman–Crippen MR) is 96.7 cm³/mol. The number of halogens is 5. The molecule has 0 fully saturated rings. The second-order valence-electron chi connectivity index (χ2n) is 5.89. The number of alkyl halides is 3. The molecular formula is C17H15ClF4N2O3S. The molecule has 0 saturated carbocycles. The van der Waals surface area contributed by atoms with Gasteiger partial charge in [0, 0.05) is 11.6 Å². The van der Waals surface area contributed by atoms with Crippen LogP contribution < -0.4 is 5.32 Å². The first-order valence-corrected chi connectivity index (χ1v) is 9.95. The van der Waals surface area contributed by atoms with Crippen LogP contribution in [0.15, 0.2) is 42.5 Å². The summed E-state index contributed by atoms with van der Waals surface area (Å²) < 4.78 is 76.9. The first kappa shape index (κ1) is 22.1. The minimum Gasteiger partial charge on any atom is -0.324 e. The molecule has 2 rings (SSSR count). The van der Waals surface area contributed by atoms with Crippen LogP contribution in [0.25, 0.3) is 0 Å². The van der Waals surface area contributed by atoms with Crippen molar-refractivity contribution < 1.29 is 30.8 Å². The van der Waals surface area contributed by atoms with E-state index in [1.54, 1.807) is 0 Å². The van der Waals surface area contributed by atoms with Crippen molar-refractivity contribution in [3.8, 4) is 0 Å². The summed E-state index contributed by atoms with van der Waals surface area (Å²) in [7, 11) is -3.87. The molecule has 1 N–H and O–H groups in total. The summed E-state index contributed by atoms with van der Waals surface area (Å²) in [5.41, 5.74) is -1.29. The van der Waals surface area contributed by atoms with Gasteiger partial charge in [-0.1, -0.05) is 23.7 Å². The van der Waals surface area contributed by atoms with Gasteiger partial charge >= 0.3 is 6.18 Å². The molecule has 0 aliphatic carbocycles. The third-order valence-electron chi connectivity index (χ3n) is 3.62. The highest BCUT2D eigenvalue weighted by Crippen LogP contribution is 2.36. The Hall–Kier alpha value is -2.17. The van der Waals surface area contributed by atoms with Gasteiger partial charge in [-0.2, -0.15) is 17.5 Å². The Morgan fingerprint density at radius 3 is 2.29 bits per heavy atom. The van der Waals surface area contributed by atoms with E-state index in [1.807, 2.05) is 0 Å². The van der Waals surface area contributed by atoms with Crippen molar-refractivity contribution in [3.63, 3.8) is 0 Å². The maximum atomic E-state index is 13.1. The van der Waals surface area contributed by atoms with Crippen molar-refractivity contribution in [3.05, 3.63) is 64.4 Å². The van der Waals surface area contributed by atoms with Gasteiger partial charge in [0.2, 0.25) is 15.9 Å². The number of carbonyl (C=O) groups excluding carboxylic acids is 1. The number of benzene rings is 2. The number of anilines is 1. The quantitative estimate of drug-likeness (QED) is 0.696. The number of nitrogens with zero attached hydrogens (tertiary/aromatic N) is 1. The van der Waals surface area contributed by atoms with Gasteiger partial charge in [0.15, 0.2) is 0 Å². The fourth-order valence-electron chi connectivity index (χ4n) is 2.29. The number of carbonyl (C=O) groups is 1. The lowest BCUT2D eigenvalue weighted by molar-refractivity contribution is -0.137. The molecule has 0 bridgehead atoms. The predicted octanol–water partition coefficient (Wildman–Crippen LogP) is 3.90. The van der Waals surface area contributed by atoms with Crippen molar-refractivity contribution in [2.75, 3.05) is 18.1 Å². The molecule has 2 aromatic carbocycles. The Labute approximate surface area is 164 Å². The average Bonchev–Trinajstić information content (AvgIpc) is 2.56. The molecular weight excluding hydrogens is 424 g/mol. The summed E-state index contributed by atoms with van der Waals surface area (Å²) in [6.07, 6.45) is -3.91. The highest BCUT2D eigenvalue weighted by atomic mass is 35.5. The van der Waals surface area contributed by atoms with E-state index in [-0.39, 0.29) is 11.6 Å². The van der Waals surface area contributed by atoms with E-state index in [1.165, 1.54) is 18.2 Å². The molecule has 2 aromatic rings. The largest absolute Gasteiger partial charge is 0.418 e. The molecule has 5 nitrogen and oxygen atoms in total. The van der Waals surface area contributed by atoms with Crippen LogP contribution in [0.1, 0.15) is 11.1 Å². The monoisotopic (exact) mass is 438 g/mol. The number of hydrogen-bond acceptors (Lipinski definition) is 3. The molecule has 0 spiro atoms. The Morgan fingerprint density at radius 2 is 1.75 bits per heavy atom. The van der Waals surface area contributed by atoms with Gasteiger partial charge in [0.05, 0.1) is 24.1 Å². The van der Waals surface area contributed by atoms with Gasteiger partial charge in [0.25, 0.3) is 0 Å². The number of rotatable bonds is 6. The Balaban J connectivity index is 2.20. The topological polar surface area (TPSA) is 66.5 Å². The van der Waals surface area contributed by atoms with Crippen molar-refractivity contribution >= 4 is 33.2 Å². The van der Waals surface area contributed by atoms with Crippen molar-refractivity contribution in [2.45, 2.75) is 12.7 Å². The molecule has 0 unspecified atom stereocenters. The molecule has 0 heterocycles. The SMILES string of the molecule is CS(=O)(=O)N(CC(=O)Nc1ccc(Cl)cc1C(F)(F)F)Cc1ccc(F)cc1. The second kappa shape index (κ2) is 8.46. The Morgan fingerprint density at radius 1 is 1.14 bits per heavy atom. The molecule has 0 atom stereocenters. The van der Waals surface area contributed by atoms with E-state index >= 15 is 0 Å². The number of hydrogen-bond donors (Lipinski definition) is 1. The van der Waals surface area contributed by atoms with Gasteiger partial charge in [-0.05, 0) is 35.9 Å². The third kappa shape index (κ3) is 6.18. The van der Waals surface area contributed by atoms with Crippen LogP contribution in [0.4, 0.5) is 23.2 Å². The zero-order chi connectivity index (χ0) is 21.1. The van der Waals surface area contributed by atoms with E-state index in [0.717, 1.165) is 28.8 Å². The molecule has 1 amide bonds. The summed E-state index contributed by atoms with van der Waals surface area (Å²) in [6.45, 7) is -0.977. The normalized spacial score (nSPS) is 12.2. The van der Waals surface area contributed by atoms with Gasteiger partial charge in [0.1, 0.15) is 5.82 Å². The van der Waals surface area contributed by atoms with E-state index in [4.69, 9.17) is 11.6 Å². The maximum Gasteiger partial charge on any atom is 0.418 e. The average molecular weight is 439 g/mol. The molecule has 0 saturated heterocycles. The molecule has 11 heteroatoms. The van der Waals surface area contributed by atoms with Gasteiger partial charge < -0.3 is 5.32 Å². The molecule has 0 aliphatic rings. The van der Waals surface area contributed by atoms with Crippen LogP contribution in [0.2, 0.25) is 5.02 Å². The molecule has 0 aliphatic heterocycles. The van der Waals surface area contributed by atoms with E-state index in [2.05, 4.69) is 5.32 Å². The fourth-order valence-corrected chi connectivity index (χ4v) is 3.20. The zero-order valence-electron chi connectivity index (χ0n) is 14.4. The summed E-state index contributed by atoms with van der Waals surface area (Å²) in [4.78, 5) is 12.2. The second-order valence-corrected chi connectivity index (χ2v) is 8.31. The fraction of sp³-hybridized carbons (Fsp3) is 0.235. The van der Waals surface area contributed by atoms with Gasteiger partial charge in [-0.15, -0.1) is 0 Å². The highest BCUT2D eigenvalue weighted by Gasteiger charge is 2.34. The standard InChI is InChI=1S/C17H15ClF4N2O3S/c1-28(26,27)24(9-11-2-5-13(19)6-3-11)10-16(25)23-15-7-4-12(18)8-14(15)17(20,21)22/h2-8H,9-10H2,1H3,(H,23,25). The summed E-state index contributed by atoms with van der Waals surface area (Å²) >= 11 is 5.58. The van der Waals surface area contributed by atoms with Gasteiger partial charge in [-0.25, -0.2) is 12.8 Å². The lowest BCUT2D eigenvalue weighted by atomic mass is 10.1. The van der Waals surface area contributed by atoms with E-state index in [9.17, 15) is 30.8 Å². The van der Waals surface area contributed by atoms with Crippen LogP contribution in [0.3, 0.4) is 0 Å². The number of sulfonamides is 1. The molecule has 152 valence electrons. The van der Waals surface area contributed by atoms with Gasteiger partial charge in [-0.3, -0.25) is 4.79 Å². The Bertz CT molecular complexity index is 963. The summed E-state index contributed by atoms with van der Waals surface area (Å²) in [6, 6.07) is 7.73. The van der Waals surface area contributed by atoms with Crippen LogP contribution in [0.5, 0.6) is 0 Å². The zero-order valence-corrected chi connectivity index (χ0v) is 16.0.